The van der Waals surface area contributed by atoms with Gasteiger partial charge in [-0.15, -0.1) is 4.36 Å². The molecule has 4 rings (SSSR count). The number of nitrogens with zero attached hydrogens (tertiary/aromatic N) is 1. The number of nitrogens with two attached hydrogens (primary N) is 1. The molecule has 0 aliphatic heterocycles. The van der Waals surface area contributed by atoms with Gasteiger partial charge in [-0.2, -0.15) is 0 Å². The van der Waals surface area contributed by atoms with E-state index in [2.05, 4.69) is 10.4 Å². The van der Waals surface area contributed by atoms with Gasteiger partial charge in [-0.05, 0) is 93.0 Å². The molecule has 3 aliphatic carbocycles. The summed E-state index contributed by atoms with van der Waals surface area (Å²) >= 11 is 0. The van der Waals surface area contributed by atoms with Crippen molar-refractivity contribution in [2.45, 2.75) is 77.2 Å². The summed E-state index contributed by atoms with van der Waals surface area (Å²) < 4.78 is 16.8. The van der Waals surface area contributed by atoms with E-state index in [9.17, 15) is 14.1 Å². The van der Waals surface area contributed by atoms with Gasteiger partial charge in [0.15, 0.2) is 0 Å². The number of hydrogen-bond donors (Lipinski definition) is 2. The van der Waals surface area contributed by atoms with Crippen molar-refractivity contribution in [3.05, 3.63) is 33.9 Å². The zero-order valence-electron chi connectivity index (χ0n) is 16.3. The number of aryl methyl sites for hydroxylation is 2. The van der Waals surface area contributed by atoms with Crippen molar-refractivity contribution < 1.29 is 14.1 Å². The summed E-state index contributed by atoms with van der Waals surface area (Å²) in [6.45, 7) is 3.43. The third-order valence-corrected chi connectivity index (χ3v) is 8.30. The normalized spacial score (nSPS) is 22.1. The number of carbonyl (C=O) groups is 1. The van der Waals surface area contributed by atoms with E-state index in [-0.39, 0.29) is 18.1 Å². The van der Waals surface area contributed by atoms with Crippen molar-refractivity contribution in [1.29, 1.82) is 0 Å². The van der Waals surface area contributed by atoms with Gasteiger partial charge in [-0.1, -0.05) is 6.07 Å². The molecule has 6 heteroatoms. The number of rotatable bonds is 5. The number of fused-ring (bicyclic) bond motifs is 2. The van der Waals surface area contributed by atoms with E-state index in [1.165, 1.54) is 22.3 Å². The molecule has 0 aromatic heterocycles. The molecule has 0 heterocycles. The van der Waals surface area contributed by atoms with Crippen LogP contribution in [0.1, 0.15) is 67.3 Å². The summed E-state index contributed by atoms with van der Waals surface area (Å²) in [6, 6.07) is 2.34. The van der Waals surface area contributed by atoms with Crippen molar-refractivity contribution in [1.82, 2.24) is 0 Å². The van der Waals surface area contributed by atoms with Crippen LogP contribution >= 0.6 is 0 Å². The summed E-state index contributed by atoms with van der Waals surface area (Å²) in [4.78, 5) is 12.7. The fourth-order valence-electron chi connectivity index (χ4n) is 5.02. The lowest BCUT2D eigenvalue weighted by Gasteiger charge is -2.29. The minimum atomic E-state index is -3.14. The van der Waals surface area contributed by atoms with Crippen LogP contribution in [0.2, 0.25) is 0 Å². The molecule has 0 saturated heterocycles. The monoisotopic (exact) mass is 390 g/mol. The van der Waals surface area contributed by atoms with Gasteiger partial charge in [0.25, 0.3) is 5.91 Å². The second-order valence-corrected chi connectivity index (χ2v) is 11.0. The lowest BCUT2D eigenvalue weighted by atomic mass is 9.90. The molecule has 1 aromatic rings. The van der Waals surface area contributed by atoms with Crippen LogP contribution in [0.25, 0.3) is 0 Å². The SMILES string of the molecule is CC(C)(O)C1(CS(N)(=O)=NC(=O)Cc2c3c(cc4c2CCC4)CCC3)CC1. The molecular weight excluding hydrogens is 360 g/mol. The average molecular weight is 391 g/mol. The standard InChI is InChI=1S/C21H30N2O3S/c1-20(2,25)21(9-10-21)13-27(22,26)23-19(24)12-18-16-7-3-5-14(16)11-15-6-4-8-17(15)18/h11,25H,3-10,12-13H2,1-2H3,(H2,22,23,24,26). The largest absolute Gasteiger partial charge is 0.390 e. The zero-order chi connectivity index (χ0) is 19.4. The zero-order valence-corrected chi connectivity index (χ0v) is 17.2. The number of aliphatic hydroxyl groups is 1. The van der Waals surface area contributed by atoms with Crippen molar-refractivity contribution in [3.63, 3.8) is 0 Å². The van der Waals surface area contributed by atoms with E-state index in [1.807, 2.05) is 0 Å². The lowest BCUT2D eigenvalue weighted by Crippen LogP contribution is -2.39. The minimum Gasteiger partial charge on any atom is -0.390 e. The first-order valence-corrected chi connectivity index (χ1v) is 11.8. The van der Waals surface area contributed by atoms with Crippen LogP contribution in [0, 0.1) is 5.41 Å². The van der Waals surface area contributed by atoms with Gasteiger partial charge >= 0.3 is 0 Å². The molecule has 1 amide bonds. The Morgan fingerprint density at radius 1 is 1.19 bits per heavy atom. The predicted molar refractivity (Wildman–Crippen MR) is 107 cm³/mol. The summed E-state index contributed by atoms with van der Waals surface area (Å²) in [7, 11) is -3.14. The Bertz CT molecular complexity index is 884. The fourth-order valence-corrected chi connectivity index (χ4v) is 6.92. The Balaban J connectivity index is 1.59. The molecule has 148 valence electrons. The summed E-state index contributed by atoms with van der Waals surface area (Å²) in [5.74, 6) is -0.302. The van der Waals surface area contributed by atoms with Crippen LogP contribution in [0.15, 0.2) is 10.4 Å². The number of amides is 1. The molecule has 1 atom stereocenters. The van der Waals surface area contributed by atoms with Gasteiger partial charge in [-0.3, -0.25) is 4.79 Å². The Morgan fingerprint density at radius 3 is 2.22 bits per heavy atom. The third-order valence-electron chi connectivity index (χ3n) is 6.82. The van der Waals surface area contributed by atoms with Crippen molar-refractivity contribution in [2.24, 2.45) is 14.9 Å². The Morgan fingerprint density at radius 2 is 1.74 bits per heavy atom. The van der Waals surface area contributed by atoms with Crippen LogP contribution in [-0.4, -0.2) is 26.6 Å². The van der Waals surface area contributed by atoms with Gasteiger partial charge < -0.3 is 5.11 Å². The average Bonchev–Trinajstić information content (AvgIpc) is 2.98. The van der Waals surface area contributed by atoms with Gasteiger partial charge in [0.1, 0.15) is 9.92 Å². The van der Waals surface area contributed by atoms with Crippen LogP contribution in [0.5, 0.6) is 0 Å². The molecule has 0 bridgehead atoms. The fraction of sp³-hybridized carbons (Fsp3) is 0.667. The second kappa shape index (κ2) is 6.39. The first-order chi connectivity index (χ1) is 12.6. The van der Waals surface area contributed by atoms with Crippen LogP contribution in [0.4, 0.5) is 0 Å². The van der Waals surface area contributed by atoms with Gasteiger partial charge in [0, 0.05) is 5.41 Å². The molecule has 1 saturated carbocycles. The van der Waals surface area contributed by atoms with Crippen molar-refractivity contribution in [2.75, 3.05) is 5.75 Å². The summed E-state index contributed by atoms with van der Waals surface area (Å²) in [5, 5.41) is 16.3. The van der Waals surface area contributed by atoms with E-state index >= 15 is 0 Å². The number of hydrogen-bond acceptors (Lipinski definition) is 3. The quantitative estimate of drug-likeness (QED) is 0.809. The van der Waals surface area contributed by atoms with Crippen LogP contribution in [0.3, 0.4) is 0 Å². The van der Waals surface area contributed by atoms with Gasteiger partial charge in [0.2, 0.25) is 0 Å². The molecule has 27 heavy (non-hydrogen) atoms. The highest BCUT2D eigenvalue weighted by atomic mass is 32.2. The van der Waals surface area contributed by atoms with Crippen molar-refractivity contribution >= 4 is 15.8 Å². The maximum Gasteiger partial charge on any atom is 0.259 e. The third kappa shape index (κ3) is 3.59. The van der Waals surface area contributed by atoms with Crippen LogP contribution in [-0.2, 0) is 46.8 Å². The molecule has 1 unspecified atom stereocenters. The van der Waals surface area contributed by atoms with Crippen molar-refractivity contribution in [3.8, 4) is 0 Å². The highest BCUT2D eigenvalue weighted by molar-refractivity contribution is 7.91. The highest BCUT2D eigenvalue weighted by Crippen LogP contribution is 2.54. The summed E-state index contributed by atoms with van der Waals surface area (Å²) in [5.41, 5.74) is 5.09. The Hall–Kier alpha value is -1.24. The van der Waals surface area contributed by atoms with E-state index in [4.69, 9.17) is 5.14 Å². The first-order valence-electron chi connectivity index (χ1n) is 10.0. The molecule has 0 radical (unpaired) electrons. The predicted octanol–water partition coefficient (Wildman–Crippen LogP) is 2.63. The summed E-state index contributed by atoms with van der Waals surface area (Å²) in [6.07, 6.45) is 8.23. The molecule has 0 spiro atoms. The molecule has 5 nitrogen and oxygen atoms in total. The molecule has 1 aromatic carbocycles. The van der Waals surface area contributed by atoms with Crippen LogP contribution < -0.4 is 5.14 Å². The maximum atomic E-state index is 12.8. The van der Waals surface area contributed by atoms with E-state index < -0.39 is 20.9 Å². The second-order valence-electron chi connectivity index (χ2n) is 9.17. The first kappa shape index (κ1) is 19.1. The maximum absolute atomic E-state index is 12.8. The van der Waals surface area contributed by atoms with Gasteiger partial charge in [0.05, 0.1) is 17.8 Å². The van der Waals surface area contributed by atoms with E-state index in [1.54, 1.807) is 13.8 Å². The minimum absolute atomic E-state index is 0.0836. The lowest BCUT2D eigenvalue weighted by molar-refractivity contribution is -0.117. The van der Waals surface area contributed by atoms with E-state index in [0.717, 1.165) is 56.9 Å². The smallest absolute Gasteiger partial charge is 0.259 e. The molecule has 3 N–H and O–H groups in total. The van der Waals surface area contributed by atoms with Gasteiger partial charge in [-0.25, -0.2) is 9.35 Å². The molecule has 3 aliphatic rings. The highest BCUT2D eigenvalue weighted by Gasteiger charge is 2.55. The Labute approximate surface area is 162 Å². The van der Waals surface area contributed by atoms with E-state index in [0.29, 0.717) is 0 Å². The number of benzene rings is 1. The topological polar surface area (TPSA) is 92.8 Å². The molecule has 1 fully saturated rings. The number of carbonyl (C=O) groups excluding carboxylic acids is 1. The molecular formula is C21H30N2O3S. The Kier molecular flexibility index (Phi) is 4.52.